The molecule has 0 aliphatic heterocycles. The highest BCUT2D eigenvalue weighted by atomic mass is 15.4. The molecule has 0 radical (unpaired) electrons. The Morgan fingerprint density at radius 3 is 2.22 bits per heavy atom. The summed E-state index contributed by atoms with van der Waals surface area (Å²) in [5.41, 5.74) is 2.49. The average Bonchev–Trinajstić information content (AvgIpc) is 2.91. The van der Waals surface area contributed by atoms with E-state index in [1.54, 1.807) is 0 Å². The zero-order valence-electron chi connectivity index (χ0n) is 11.2. The zero-order chi connectivity index (χ0) is 13.1. The Morgan fingerprint density at radius 2 is 1.67 bits per heavy atom. The Morgan fingerprint density at radius 1 is 1.06 bits per heavy atom. The van der Waals surface area contributed by atoms with Gasteiger partial charge in [-0.3, -0.25) is 5.43 Å². The molecule has 3 N–H and O–H groups in total. The molecule has 18 heavy (non-hydrogen) atoms. The summed E-state index contributed by atoms with van der Waals surface area (Å²) in [7, 11) is 5.83. The molecule has 0 bridgehead atoms. The van der Waals surface area contributed by atoms with Crippen LogP contribution in [-0.4, -0.2) is 42.1 Å². The first kappa shape index (κ1) is 12.8. The summed E-state index contributed by atoms with van der Waals surface area (Å²) in [6.07, 6.45) is 4.96. The Labute approximate surface area is 107 Å². The molecule has 0 atom stereocenters. The molecular formula is C11H21N7. The van der Waals surface area contributed by atoms with Crippen LogP contribution in [0.25, 0.3) is 0 Å². The lowest BCUT2D eigenvalue weighted by atomic mass is 10.2. The van der Waals surface area contributed by atoms with Crippen LogP contribution in [0, 0.1) is 0 Å². The third-order valence-electron chi connectivity index (χ3n) is 3.33. The number of rotatable bonds is 4. The number of nitrogens with two attached hydrogens (primary N) is 1. The lowest BCUT2D eigenvalue weighted by Crippen LogP contribution is -2.31. The fraction of sp³-hybridized carbons (Fsp3) is 0.727. The zero-order valence-corrected chi connectivity index (χ0v) is 11.2. The summed E-state index contributed by atoms with van der Waals surface area (Å²) in [5, 5.41) is 0. The van der Waals surface area contributed by atoms with Crippen LogP contribution in [0.15, 0.2) is 0 Å². The maximum absolute atomic E-state index is 5.40. The molecule has 1 fully saturated rings. The number of anilines is 3. The highest BCUT2D eigenvalue weighted by Gasteiger charge is 2.22. The van der Waals surface area contributed by atoms with Gasteiger partial charge >= 0.3 is 0 Å². The predicted octanol–water partition coefficient (Wildman–Crippen LogP) is 0.602. The number of hydrogen-bond donors (Lipinski definition) is 2. The van der Waals surface area contributed by atoms with Crippen LogP contribution in [0.1, 0.15) is 25.7 Å². The maximum atomic E-state index is 5.40. The Bertz CT molecular complexity index is 400. The van der Waals surface area contributed by atoms with Gasteiger partial charge in [-0.05, 0) is 12.8 Å². The highest BCUT2D eigenvalue weighted by Crippen LogP contribution is 2.25. The molecule has 1 aliphatic rings. The highest BCUT2D eigenvalue weighted by molar-refractivity contribution is 5.44. The van der Waals surface area contributed by atoms with Gasteiger partial charge in [0.1, 0.15) is 0 Å². The summed E-state index contributed by atoms with van der Waals surface area (Å²) in [5.74, 6) is 7.08. The van der Waals surface area contributed by atoms with Gasteiger partial charge in [0.05, 0.1) is 0 Å². The van der Waals surface area contributed by atoms with E-state index in [4.69, 9.17) is 5.84 Å². The minimum absolute atomic E-state index is 0.397. The normalized spacial score (nSPS) is 15.8. The molecule has 7 nitrogen and oxygen atoms in total. The van der Waals surface area contributed by atoms with E-state index >= 15 is 0 Å². The van der Waals surface area contributed by atoms with E-state index in [2.05, 4.69) is 25.3 Å². The van der Waals surface area contributed by atoms with Crippen molar-refractivity contribution in [3.8, 4) is 0 Å². The first-order chi connectivity index (χ1) is 8.61. The van der Waals surface area contributed by atoms with Gasteiger partial charge in [0.25, 0.3) is 0 Å². The fourth-order valence-electron chi connectivity index (χ4n) is 2.23. The van der Waals surface area contributed by atoms with Crippen LogP contribution in [0.2, 0.25) is 0 Å². The van der Waals surface area contributed by atoms with Gasteiger partial charge in [0.15, 0.2) is 0 Å². The lowest BCUT2D eigenvalue weighted by Gasteiger charge is -2.25. The summed E-state index contributed by atoms with van der Waals surface area (Å²) in [4.78, 5) is 16.9. The molecule has 1 aliphatic carbocycles. The van der Waals surface area contributed by atoms with Crippen molar-refractivity contribution in [2.45, 2.75) is 31.7 Å². The quantitative estimate of drug-likeness (QED) is 0.599. The first-order valence-electron chi connectivity index (χ1n) is 6.24. The summed E-state index contributed by atoms with van der Waals surface area (Å²) in [6.45, 7) is 0. The Kier molecular flexibility index (Phi) is 3.81. The van der Waals surface area contributed by atoms with E-state index < -0.39 is 0 Å². The third kappa shape index (κ3) is 2.61. The molecule has 0 spiro atoms. The van der Waals surface area contributed by atoms with Crippen molar-refractivity contribution in [2.24, 2.45) is 5.84 Å². The number of nitrogen functional groups attached to an aromatic ring is 1. The fourth-order valence-corrected chi connectivity index (χ4v) is 2.23. The van der Waals surface area contributed by atoms with E-state index in [-0.39, 0.29) is 0 Å². The topological polar surface area (TPSA) is 83.2 Å². The summed E-state index contributed by atoms with van der Waals surface area (Å²) >= 11 is 0. The van der Waals surface area contributed by atoms with Crippen molar-refractivity contribution in [1.29, 1.82) is 0 Å². The van der Waals surface area contributed by atoms with Crippen molar-refractivity contribution in [3.63, 3.8) is 0 Å². The van der Waals surface area contributed by atoms with Crippen LogP contribution in [-0.2, 0) is 0 Å². The molecular weight excluding hydrogens is 230 g/mol. The largest absolute Gasteiger partial charge is 0.347 e. The average molecular weight is 251 g/mol. The van der Waals surface area contributed by atoms with Crippen molar-refractivity contribution in [3.05, 3.63) is 0 Å². The van der Waals surface area contributed by atoms with E-state index in [0.717, 1.165) is 0 Å². The van der Waals surface area contributed by atoms with Gasteiger partial charge in [0.2, 0.25) is 17.8 Å². The second-order valence-corrected chi connectivity index (χ2v) is 4.85. The predicted molar refractivity (Wildman–Crippen MR) is 72.6 cm³/mol. The van der Waals surface area contributed by atoms with Gasteiger partial charge in [-0.15, -0.1) is 0 Å². The summed E-state index contributed by atoms with van der Waals surface area (Å²) in [6, 6.07) is 0.521. The first-order valence-corrected chi connectivity index (χ1v) is 6.24. The van der Waals surface area contributed by atoms with E-state index in [1.165, 1.54) is 25.7 Å². The van der Waals surface area contributed by atoms with Gasteiger partial charge in [-0.25, -0.2) is 5.84 Å². The standard InChI is InChI=1S/C11H21N7/c1-17(2)10-13-9(16-12)14-11(15-10)18(3)8-6-4-5-7-8/h8H,4-7,12H2,1-3H3,(H,13,14,15,16). The minimum atomic E-state index is 0.397. The van der Waals surface area contributed by atoms with Crippen molar-refractivity contribution >= 4 is 17.8 Å². The molecule has 1 saturated carbocycles. The second-order valence-electron chi connectivity index (χ2n) is 4.85. The maximum Gasteiger partial charge on any atom is 0.243 e. The van der Waals surface area contributed by atoms with Crippen molar-refractivity contribution in [2.75, 3.05) is 36.4 Å². The molecule has 0 unspecified atom stereocenters. The number of hydrazine groups is 1. The van der Waals surface area contributed by atoms with Crippen LogP contribution in [0.5, 0.6) is 0 Å². The molecule has 2 rings (SSSR count). The third-order valence-corrected chi connectivity index (χ3v) is 3.33. The number of nitrogens with one attached hydrogen (secondary N) is 1. The molecule has 100 valence electrons. The molecule has 7 heteroatoms. The van der Waals surface area contributed by atoms with E-state index in [9.17, 15) is 0 Å². The van der Waals surface area contributed by atoms with E-state index in [1.807, 2.05) is 26.0 Å². The number of nitrogens with zero attached hydrogens (tertiary/aromatic N) is 5. The smallest absolute Gasteiger partial charge is 0.243 e. The monoisotopic (exact) mass is 251 g/mol. The van der Waals surface area contributed by atoms with Crippen LogP contribution in [0.3, 0.4) is 0 Å². The Hall–Kier alpha value is -1.63. The van der Waals surface area contributed by atoms with Crippen molar-refractivity contribution in [1.82, 2.24) is 15.0 Å². The van der Waals surface area contributed by atoms with Gasteiger partial charge < -0.3 is 9.80 Å². The SMILES string of the molecule is CN(C)c1nc(NN)nc(N(C)C2CCCC2)n1. The van der Waals surface area contributed by atoms with Gasteiger partial charge in [-0.2, -0.15) is 15.0 Å². The Balaban J connectivity index is 2.27. The van der Waals surface area contributed by atoms with Gasteiger partial charge in [-0.1, -0.05) is 12.8 Å². The molecule has 0 amide bonds. The van der Waals surface area contributed by atoms with Gasteiger partial charge in [0, 0.05) is 27.2 Å². The molecule has 1 heterocycles. The van der Waals surface area contributed by atoms with Crippen molar-refractivity contribution < 1.29 is 0 Å². The molecule has 1 aromatic heterocycles. The van der Waals surface area contributed by atoms with Crippen LogP contribution >= 0.6 is 0 Å². The number of aromatic nitrogens is 3. The minimum Gasteiger partial charge on any atom is -0.347 e. The summed E-state index contributed by atoms with van der Waals surface area (Å²) < 4.78 is 0. The number of hydrogen-bond acceptors (Lipinski definition) is 7. The molecule has 0 aromatic carbocycles. The molecule has 0 saturated heterocycles. The van der Waals surface area contributed by atoms with Crippen LogP contribution in [0.4, 0.5) is 17.8 Å². The van der Waals surface area contributed by atoms with Crippen LogP contribution < -0.4 is 21.1 Å². The van der Waals surface area contributed by atoms with E-state index in [0.29, 0.717) is 23.9 Å². The lowest BCUT2D eigenvalue weighted by molar-refractivity contribution is 0.636. The molecule has 1 aromatic rings. The second kappa shape index (κ2) is 5.34.